The predicted octanol–water partition coefficient (Wildman–Crippen LogP) is 3.36. The van der Waals surface area contributed by atoms with Crippen molar-refractivity contribution in [2.24, 2.45) is 0 Å². The number of ether oxygens (including phenoxy) is 1. The number of benzene rings is 2. The monoisotopic (exact) mass is 310 g/mol. The van der Waals surface area contributed by atoms with E-state index in [2.05, 4.69) is 4.98 Å². The molecule has 6 nitrogen and oxygen atoms in total. The Morgan fingerprint density at radius 2 is 2.00 bits per heavy atom. The van der Waals surface area contributed by atoms with E-state index < -0.39 is 4.92 Å². The van der Waals surface area contributed by atoms with Crippen LogP contribution in [0.4, 0.5) is 5.69 Å². The van der Waals surface area contributed by atoms with Gasteiger partial charge in [0.05, 0.1) is 11.3 Å². The maximum absolute atomic E-state index is 12.0. The zero-order valence-electron chi connectivity index (χ0n) is 12.2. The summed E-state index contributed by atoms with van der Waals surface area (Å²) in [6.07, 6.45) is 1.94. The molecule has 0 aliphatic heterocycles. The number of para-hydroxylation sites is 1. The summed E-state index contributed by atoms with van der Waals surface area (Å²) in [5.41, 5.74) is 2.40. The van der Waals surface area contributed by atoms with Gasteiger partial charge in [-0.3, -0.25) is 14.9 Å². The maximum Gasteiger partial charge on any atom is 0.310 e. The Morgan fingerprint density at radius 1 is 1.17 bits per heavy atom. The van der Waals surface area contributed by atoms with Crippen molar-refractivity contribution in [1.82, 2.24) is 4.98 Å². The van der Waals surface area contributed by atoms with Crippen molar-refractivity contribution >= 4 is 22.6 Å². The zero-order chi connectivity index (χ0) is 16.2. The molecule has 0 fully saturated rings. The molecule has 23 heavy (non-hydrogen) atoms. The quantitative estimate of drug-likeness (QED) is 0.445. The number of carbonyl (C=O) groups excluding carboxylic acids is 1. The van der Waals surface area contributed by atoms with Crippen LogP contribution in [0, 0.1) is 10.1 Å². The number of rotatable bonds is 5. The lowest BCUT2D eigenvalue weighted by atomic mass is 10.1. The number of nitrogens with zero attached hydrogens (tertiary/aromatic N) is 1. The van der Waals surface area contributed by atoms with Gasteiger partial charge in [0.25, 0.3) is 5.69 Å². The fraction of sp³-hybridized carbons (Fsp3) is 0.118. The zero-order valence-corrected chi connectivity index (χ0v) is 12.2. The number of aromatic amines is 1. The molecule has 0 saturated heterocycles. The van der Waals surface area contributed by atoms with Gasteiger partial charge in [0.1, 0.15) is 6.61 Å². The van der Waals surface area contributed by atoms with Crippen molar-refractivity contribution in [2.45, 2.75) is 13.0 Å². The molecule has 0 spiro atoms. The number of nitro groups is 1. The molecule has 3 aromatic rings. The lowest BCUT2D eigenvalue weighted by molar-refractivity contribution is -0.384. The van der Waals surface area contributed by atoms with Crippen molar-refractivity contribution in [3.05, 3.63) is 76.0 Å². The number of hydrogen-bond donors (Lipinski definition) is 1. The van der Waals surface area contributed by atoms with Crippen LogP contribution in [0.3, 0.4) is 0 Å². The molecule has 0 aliphatic carbocycles. The maximum atomic E-state index is 12.0. The first-order valence-electron chi connectivity index (χ1n) is 7.07. The SMILES string of the molecule is O=C(Cc1c[nH]c2ccccc12)OCc1cccc([N+](=O)[O-])c1. The van der Waals surface area contributed by atoms with E-state index in [0.717, 1.165) is 16.5 Å². The van der Waals surface area contributed by atoms with Crippen LogP contribution in [0.5, 0.6) is 0 Å². The molecule has 1 N–H and O–H groups in total. The van der Waals surface area contributed by atoms with Crippen LogP contribution >= 0.6 is 0 Å². The smallest absolute Gasteiger partial charge is 0.310 e. The number of carbonyl (C=O) groups is 1. The molecule has 3 rings (SSSR count). The fourth-order valence-corrected chi connectivity index (χ4v) is 2.41. The molecule has 0 atom stereocenters. The topological polar surface area (TPSA) is 85.2 Å². The molecule has 0 unspecified atom stereocenters. The van der Waals surface area contributed by atoms with E-state index in [4.69, 9.17) is 4.74 Å². The molecule has 0 radical (unpaired) electrons. The summed E-state index contributed by atoms with van der Waals surface area (Å²) in [5, 5.41) is 11.7. The van der Waals surface area contributed by atoms with Gasteiger partial charge in [-0.05, 0) is 17.2 Å². The Bertz CT molecular complexity index is 870. The van der Waals surface area contributed by atoms with Crippen LogP contribution in [0.2, 0.25) is 0 Å². The number of nitro benzene ring substituents is 1. The number of H-pyrrole nitrogens is 1. The predicted molar refractivity (Wildman–Crippen MR) is 84.9 cm³/mol. The standard InChI is InChI=1S/C17H14N2O4/c20-17(9-13-10-18-16-7-2-1-6-15(13)16)23-11-12-4-3-5-14(8-12)19(21)22/h1-8,10,18H,9,11H2. The van der Waals surface area contributed by atoms with Gasteiger partial charge in [-0.2, -0.15) is 0 Å². The van der Waals surface area contributed by atoms with Crippen molar-refractivity contribution < 1.29 is 14.5 Å². The fourth-order valence-electron chi connectivity index (χ4n) is 2.41. The van der Waals surface area contributed by atoms with Gasteiger partial charge in [-0.15, -0.1) is 0 Å². The van der Waals surface area contributed by atoms with E-state index in [1.807, 2.05) is 24.3 Å². The minimum Gasteiger partial charge on any atom is -0.461 e. The van der Waals surface area contributed by atoms with Crippen LogP contribution in [0.1, 0.15) is 11.1 Å². The van der Waals surface area contributed by atoms with Gasteiger partial charge in [0.15, 0.2) is 0 Å². The van der Waals surface area contributed by atoms with Gasteiger partial charge in [0, 0.05) is 29.2 Å². The van der Waals surface area contributed by atoms with Gasteiger partial charge in [-0.1, -0.05) is 30.3 Å². The summed E-state index contributed by atoms with van der Waals surface area (Å²) in [6, 6.07) is 13.8. The van der Waals surface area contributed by atoms with E-state index in [1.165, 1.54) is 12.1 Å². The molecule has 116 valence electrons. The summed E-state index contributed by atoms with van der Waals surface area (Å²) in [6.45, 7) is 0.0167. The van der Waals surface area contributed by atoms with E-state index >= 15 is 0 Å². The number of non-ortho nitro benzene ring substituents is 1. The number of hydrogen-bond acceptors (Lipinski definition) is 4. The lowest BCUT2D eigenvalue weighted by Gasteiger charge is -2.04. The van der Waals surface area contributed by atoms with Crippen molar-refractivity contribution in [3.63, 3.8) is 0 Å². The average Bonchev–Trinajstić information content (AvgIpc) is 2.96. The number of esters is 1. The van der Waals surface area contributed by atoms with E-state index in [9.17, 15) is 14.9 Å². The highest BCUT2D eigenvalue weighted by Gasteiger charge is 2.11. The Morgan fingerprint density at radius 3 is 2.83 bits per heavy atom. The largest absolute Gasteiger partial charge is 0.461 e. The molecular formula is C17H14N2O4. The van der Waals surface area contributed by atoms with Crippen LogP contribution in [-0.4, -0.2) is 15.9 Å². The normalized spacial score (nSPS) is 10.6. The average molecular weight is 310 g/mol. The summed E-state index contributed by atoms with van der Waals surface area (Å²) in [4.78, 5) is 25.3. The third-order valence-corrected chi connectivity index (χ3v) is 3.53. The third kappa shape index (κ3) is 3.37. The first-order valence-corrected chi connectivity index (χ1v) is 7.07. The highest BCUT2D eigenvalue weighted by Crippen LogP contribution is 2.19. The second kappa shape index (κ2) is 6.31. The number of aromatic nitrogens is 1. The van der Waals surface area contributed by atoms with Crippen LogP contribution in [0.15, 0.2) is 54.7 Å². The number of nitrogens with one attached hydrogen (secondary N) is 1. The molecular weight excluding hydrogens is 296 g/mol. The third-order valence-electron chi connectivity index (χ3n) is 3.53. The first-order chi connectivity index (χ1) is 11.1. The van der Waals surface area contributed by atoms with E-state index in [1.54, 1.807) is 18.3 Å². The Labute approximate surface area is 131 Å². The van der Waals surface area contributed by atoms with Crippen molar-refractivity contribution in [2.75, 3.05) is 0 Å². The van der Waals surface area contributed by atoms with E-state index in [-0.39, 0.29) is 24.7 Å². The van der Waals surface area contributed by atoms with Crippen LogP contribution in [0.25, 0.3) is 10.9 Å². The summed E-state index contributed by atoms with van der Waals surface area (Å²) >= 11 is 0. The van der Waals surface area contributed by atoms with E-state index in [0.29, 0.717) is 5.56 Å². The van der Waals surface area contributed by atoms with Crippen molar-refractivity contribution in [1.29, 1.82) is 0 Å². The molecule has 1 heterocycles. The molecule has 0 amide bonds. The van der Waals surface area contributed by atoms with Crippen molar-refractivity contribution in [3.8, 4) is 0 Å². The van der Waals surface area contributed by atoms with Gasteiger partial charge >= 0.3 is 5.97 Å². The first kappa shape index (κ1) is 14.8. The minimum atomic E-state index is -0.475. The number of fused-ring (bicyclic) bond motifs is 1. The molecule has 2 aromatic carbocycles. The minimum absolute atomic E-state index is 0.0167. The highest BCUT2D eigenvalue weighted by molar-refractivity contribution is 5.87. The molecule has 0 bridgehead atoms. The molecule has 0 saturated carbocycles. The molecule has 6 heteroatoms. The van der Waals surface area contributed by atoms with Crippen LogP contribution in [-0.2, 0) is 22.6 Å². The molecule has 0 aliphatic rings. The molecule has 1 aromatic heterocycles. The summed E-state index contributed by atoms with van der Waals surface area (Å²) < 4.78 is 5.21. The van der Waals surface area contributed by atoms with Gasteiger partial charge in [0.2, 0.25) is 0 Å². The van der Waals surface area contributed by atoms with Crippen LogP contribution < -0.4 is 0 Å². The summed E-state index contributed by atoms with van der Waals surface area (Å²) in [7, 11) is 0. The lowest BCUT2D eigenvalue weighted by Crippen LogP contribution is -2.07. The Balaban J connectivity index is 1.64. The highest BCUT2D eigenvalue weighted by atomic mass is 16.6. The van der Waals surface area contributed by atoms with Gasteiger partial charge < -0.3 is 9.72 Å². The summed E-state index contributed by atoms with van der Waals surface area (Å²) in [5.74, 6) is -0.374. The second-order valence-electron chi connectivity index (χ2n) is 5.12. The Hall–Kier alpha value is -3.15. The second-order valence-corrected chi connectivity index (χ2v) is 5.12. The Kier molecular flexibility index (Phi) is 4.05. The van der Waals surface area contributed by atoms with Gasteiger partial charge in [-0.25, -0.2) is 0 Å².